The van der Waals surface area contributed by atoms with Crippen LogP contribution in [0.15, 0.2) is 29.3 Å². The van der Waals surface area contributed by atoms with Crippen molar-refractivity contribution >= 4 is 6.21 Å². The fourth-order valence-corrected chi connectivity index (χ4v) is 1.20. The molecule has 0 aromatic heterocycles. The molecule has 0 amide bonds. The van der Waals surface area contributed by atoms with Crippen molar-refractivity contribution in [3.8, 4) is 5.75 Å². The molecular formula is C12H17NO2. The summed E-state index contributed by atoms with van der Waals surface area (Å²) in [5, 5.41) is 18.5. The largest absolute Gasteiger partial charge is 0.507 e. The van der Waals surface area contributed by atoms with Crippen LogP contribution in [0.2, 0.25) is 0 Å². The van der Waals surface area contributed by atoms with E-state index >= 15 is 0 Å². The van der Waals surface area contributed by atoms with Crippen LogP contribution >= 0.6 is 0 Å². The summed E-state index contributed by atoms with van der Waals surface area (Å²) in [5.41, 5.74) is 0.677. The van der Waals surface area contributed by atoms with Gasteiger partial charge in [-0.05, 0) is 18.1 Å². The highest BCUT2D eigenvalue weighted by Gasteiger charge is 2.09. The molecule has 0 aliphatic carbocycles. The van der Waals surface area contributed by atoms with Crippen molar-refractivity contribution < 1.29 is 10.2 Å². The number of nitrogens with zero attached hydrogens (tertiary/aromatic N) is 1. The van der Waals surface area contributed by atoms with Crippen LogP contribution in [0.25, 0.3) is 0 Å². The van der Waals surface area contributed by atoms with E-state index in [9.17, 15) is 5.11 Å². The highest BCUT2D eigenvalue weighted by Crippen LogP contribution is 2.14. The second-order valence-corrected chi connectivity index (χ2v) is 3.83. The number of aliphatic imine (C=N–C) groups is 1. The monoisotopic (exact) mass is 207 g/mol. The number of phenols is 1. The van der Waals surface area contributed by atoms with E-state index in [4.69, 9.17) is 5.11 Å². The molecule has 15 heavy (non-hydrogen) atoms. The summed E-state index contributed by atoms with van der Waals surface area (Å²) in [5.74, 6) is 0.499. The van der Waals surface area contributed by atoms with E-state index in [1.54, 1.807) is 24.4 Å². The maximum atomic E-state index is 9.48. The van der Waals surface area contributed by atoms with Gasteiger partial charge in [-0.15, -0.1) is 0 Å². The van der Waals surface area contributed by atoms with Gasteiger partial charge in [0.2, 0.25) is 0 Å². The molecule has 0 unspecified atom stereocenters. The number of hydrogen-bond acceptors (Lipinski definition) is 3. The van der Waals surface area contributed by atoms with Gasteiger partial charge in [-0.3, -0.25) is 4.99 Å². The predicted octanol–water partition coefficient (Wildman–Crippen LogP) is 1.83. The molecule has 0 aliphatic heterocycles. The summed E-state index contributed by atoms with van der Waals surface area (Å²) in [6.45, 7) is 4.04. The third-order valence-electron chi connectivity index (χ3n) is 2.30. The second-order valence-electron chi connectivity index (χ2n) is 3.83. The van der Waals surface area contributed by atoms with Gasteiger partial charge in [0.25, 0.3) is 0 Å². The number of rotatable bonds is 4. The van der Waals surface area contributed by atoms with Crippen LogP contribution < -0.4 is 0 Å². The van der Waals surface area contributed by atoms with Gasteiger partial charge in [-0.1, -0.05) is 26.0 Å². The zero-order chi connectivity index (χ0) is 11.3. The first kappa shape index (κ1) is 11.7. The van der Waals surface area contributed by atoms with E-state index in [0.29, 0.717) is 5.56 Å². The number of benzene rings is 1. The number of aliphatic hydroxyl groups is 1. The first-order valence-electron chi connectivity index (χ1n) is 5.07. The molecule has 0 heterocycles. The summed E-state index contributed by atoms with van der Waals surface area (Å²) >= 11 is 0. The average Bonchev–Trinajstić information content (AvgIpc) is 2.21. The predicted molar refractivity (Wildman–Crippen MR) is 61.4 cm³/mol. The molecule has 3 nitrogen and oxygen atoms in total. The number of aromatic hydroxyl groups is 1. The highest BCUT2D eigenvalue weighted by atomic mass is 16.3. The van der Waals surface area contributed by atoms with Gasteiger partial charge in [0, 0.05) is 11.8 Å². The molecule has 0 aliphatic rings. The minimum absolute atomic E-state index is 0.0295. The quantitative estimate of drug-likeness (QED) is 0.740. The first-order valence-corrected chi connectivity index (χ1v) is 5.07. The van der Waals surface area contributed by atoms with Gasteiger partial charge in [-0.25, -0.2) is 0 Å². The zero-order valence-corrected chi connectivity index (χ0v) is 9.09. The summed E-state index contributed by atoms with van der Waals surface area (Å²) < 4.78 is 0. The topological polar surface area (TPSA) is 52.8 Å². The Morgan fingerprint density at radius 3 is 2.53 bits per heavy atom. The van der Waals surface area contributed by atoms with E-state index in [1.807, 2.05) is 19.9 Å². The molecule has 1 rings (SSSR count). The van der Waals surface area contributed by atoms with E-state index in [-0.39, 0.29) is 24.3 Å². The van der Waals surface area contributed by atoms with Crippen LogP contribution in [0.5, 0.6) is 5.75 Å². The van der Waals surface area contributed by atoms with Crippen molar-refractivity contribution in [3.63, 3.8) is 0 Å². The van der Waals surface area contributed by atoms with Crippen molar-refractivity contribution in [2.75, 3.05) is 6.61 Å². The normalized spacial score (nSPS) is 13.6. The minimum atomic E-state index is -0.107. The SMILES string of the molecule is CC(C)[C@@H](CO)/N=C/c1ccccc1O. The van der Waals surface area contributed by atoms with Gasteiger partial charge >= 0.3 is 0 Å². The third kappa shape index (κ3) is 3.36. The summed E-state index contributed by atoms with van der Waals surface area (Å²) in [4.78, 5) is 4.24. The number of phenolic OH excluding ortho intramolecular Hbond substituents is 1. The van der Waals surface area contributed by atoms with Crippen LogP contribution in [0.1, 0.15) is 19.4 Å². The Hall–Kier alpha value is -1.35. The fraction of sp³-hybridized carbons (Fsp3) is 0.417. The third-order valence-corrected chi connectivity index (χ3v) is 2.30. The lowest BCUT2D eigenvalue weighted by atomic mass is 10.1. The average molecular weight is 207 g/mol. The molecule has 3 heteroatoms. The van der Waals surface area contributed by atoms with Crippen LogP contribution in [0.4, 0.5) is 0 Å². The van der Waals surface area contributed by atoms with E-state index < -0.39 is 0 Å². The number of hydrogen-bond donors (Lipinski definition) is 2. The van der Waals surface area contributed by atoms with Crippen LogP contribution in [0, 0.1) is 5.92 Å². The van der Waals surface area contributed by atoms with Crippen LogP contribution in [-0.2, 0) is 0 Å². The molecule has 1 aromatic rings. The van der Waals surface area contributed by atoms with Gasteiger partial charge in [0.05, 0.1) is 12.6 Å². The van der Waals surface area contributed by atoms with E-state index in [1.165, 1.54) is 0 Å². The molecule has 0 saturated carbocycles. The molecule has 0 bridgehead atoms. The maximum Gasteiger partial charge on any atom is 0.124 e. The molecule has 82 valence electrons. The first-order chi connectivity index (χ1) is 7.15. The van der Waals surface area contributed by atoms with Gasteiger partial charge in [0.15, 0.2) is 0 Å². The Morgan fingerprint density at radius 2 is 2.00 bits per heavy atom. The van der Waals surface area contributed by atoms with Gasteiger partial charge < -0.3 is 10.2 Å². The summed E-state index contributed by atoms with van der Waals surface area (Å²) in [6, 6.07) is 6.89. The summed E-state index contributed by atoms with van der Waals surface area (Å²) in [6.07, 6.45) is 1.61. The standard InChI is InChI=1S/C12H17NO2/c1-9(2)11(8-14)13-7-10-5-3-4-6-12(10)15/h3-7,9,11,14-15H,8H2,1-2H3/b13-7+/t11-/m1/s1. The molecule has 1 aromatic carbocycles. The number of aliphatic hydroxyl groups excluding tert-OH is 1. The van der Waals surface area contributed by atoms with Crippen molar-refractivity contribution in [3.05, 3.63) is 29.8 Å². The smallest absolute Gasteiger partial charge is 0.124 e. The van der Waals surface area contributed by atoms with Crippen molar-refractivity contribution in [1.82, 2.24) is 0 Å². The lowest BCUT2D eigenvalue weighted by Crippen LogP contribution is -2.17. The number of para-hydroxylation sites is 1. The molecule has 0 spiro atoms. The Bertz CT molecular complexity index is 334. The van der Waals surface area contributed by atoms with Gasteiger partial charge in [-0.2, -0.15) is 0 Å². The summed E-state index contributed by atoms with van der Waals surface area (Å²) in [7, 11) is 0. The van der Waals surface area contributed by atoms with Gasteiger partial charge in [0.1, 0.15) is 5.75 Å². The molecule has 0 radical (unpaired) electrons. The second kappa shape index (κ2) is 5.51. The molecule has 2 N–H and O–H groups in total. The Kier molecular flexibility index (Phi) is 4.31. The lowest BCUT2D eigenvalue weighted by molar-refractivity contribution is 0.240. The fourth-order valence-electron chi connectivity index (χ4n) is 1.20. The molecule has 0 fully saturated rings. The van der Waals surface area contributed by atoms with E-state index in [2.05, 4.69) is 4.99 Å². The van der Waals surface area contributed by atoms with Crippen molar-refractivity contribution in [2.45, 2.75) is 19.9 Å². The molecular weight excluding hydrogens is 190 g/mol. The van der Waals surface area contributed by atoms with Crippen molar-refractivity contribution in [1.29, 1.82) is 0 Å². The Morgan fingerprint density at radius 1 is 1.33 bits per heavy atom. The Labute approximate surface area is 90.1 Å². The van der Waals surface area contributed by atoms with Crippen LogP contribution in [-0.4, -0.2) is 29.1 Å². The molecule has 0 saturated heterocycles. The lowest BCUT2D eigenvalue weighted by Gasteiger charge is -2.12. The molecule has 1 atom stereocenters. The van der Waals surface area contributed by atoms with Crippen LogP contribution in [0.3, 0.4) is 0 Å². The van der Waals surface area contributed by atoms with E-state index in [0.717, 1.165) is 0 Å². The Balaban J connectivity index is 2.76. The minimum Gasteiger partial charge on any atom is -0.507 e. The maximum absolute atomic E-state index is 9.48. The van der Waals surface area contributed by atoms with Crippen molar-refractivity contribution in [2.24, 2.45) is 10.9 Å². The highest BCUT2D eigenvalue weighted by molar-refractivity contribution is 5.83. The zero-order valence-electron chi connectivity index (χ0n) is 9.09.